The van der Waals surface area contributed by atoms with Crippen molar-refractivity contribution in [2.75, 3.05) is 16.8 Å². The van der Waals surface area contributed by atoms with Crippen molar-refractivity contribution in [3.8, 4) is 5.88 Å². The zero-order chi connectivity index (χ0) is 18.6. The molecule has 27 heavy (non-hydrogen) atoms. The Kier molecular flexibility index (Phi) is 5.22. The highest BCUT2D eigenvalue weighted by Gasteiger charge is 2.31. The quantitative estimate of drug-likeness (QED) is 0.870. The molecule has 8 heteroatoms. The van der Waals surface area contributed by atoms with Gasteiger partial charge in [0.25, 0.3) is 5.91 Å². The van der Waals surface area contributed by atoms with E-state index >= 15 is 0 Å². The summed E-state index contributed by atoms with van der Waals surface area (Å²) in [6, 6.07) is 1.53. The summed E-state index contributed by atoms with van der Waals surface area (Å²) >= 11 is 0. The molecule has 0 aromatic carbocycles. The van der Waals surface area contributed by atoms with Crippen LogP contribution in [0.5, 0.6) is 5.88 Å². The maximum absolute atomic E-state index is 12.9. The summed E-state index contributed by atoms with van der Waals surface area (Å²) in [4.78, 5) is 23.4. The molecule has 2 aromatic heterocycles. The molecule has 0 radical (unpaired) electrons. The van der Waals surface area contributed by atoms with Gasteiger partial charge in [-0.15, -0.1) is 0 Å². The molecule has 2 aliphatic rings. The van der Waals surface area contributed by atoms with Crippen LogP contribution in [-0.2, 0) is 11.8 Å². The molecule has 1 aliphatic heterocycles. The average Bonchev–Trinajstić information content (AvgIpc) is 3.11. The molecule has 8 nitrogen and oxygen atoms in total. The highest BCUT2D eigenvalue weighted by atomic mass is 16.5. The van der Waals surface area contributed by atoms with Gasteiger partial charge in [0, 0.05) is 25.9 Å². The van der Waals surface area contributed by atoms with Crippen LogP contribution in [0.15, 0.2) is 24.7 Å². The van der Waals surface area contributed by atoms with Crippen LogP contribution < -0.4 is 15.0 Å². The van der Waals surface area contributed by atoms with Crippen molar-refractivity contribution in [1.29, 1.82) is 0 Å². The van der Waals surface area contributed by atoms with Gasteiger partial charge in [-0.2, -0.15) is 10.1 Å². The number of hydrogen-bond acceptors (Lipinski definition) is 6. The van der Waals surface area contributed by atoms with Crippen LogP contribution in [0.4, 0.5) is 11.6 Å². The number of hydrogen-bond donors (Lipinski definition) is 1. The van der Waals surface area contributed by atoms with Crippen molar-refractivity contribution in [1.82, 2.24) is 19.7 Å². The fraction of sp³-hybridized carbons (Fsp3) is 0.579. The normalized spacial score (nSPS) is 21.3. The first kappa shape index (κ1) is 17.8. The Bertz CT molecular complexity index is 786. The molecule has 3 heterocycles. The first-order valence-electron chi connectivity index (χ1n) is 9.75. The molecule has 1 saturated carbocycles. The summed E-state index contributed by atoms with van der Waals surface area (Å²) < 4.78 is 7.69. The maximum Gasteiger partial charge on any atom is 0.250 e. The second-order valence-corrected chi connectivity index (χ2v) is 7.30. The Balaban J connectivity index is 1.42. The van der Waals surface area contributed by atoms with E-state index in [-0.39, 0.29) is 18.1 Å². The summed E-state index contributed by atoms with van der Waals surface area (Å²) in [5.41, 5.74) is 0. The van der Waals surface area contributed by atoms with E-state index in [0.717, 1.165) is 25.7 Å². The highest BCUT2D eigenvalue weighted by Crippen LogP contribution is 2.24. The van der Waals surface area contributed by atoms with Crippen LogP contribution in [0.25, 0.3) is 0 Å². The van der Waals surface area contributed by atoms with Gasteiger partial charge in [-0.1, -0.05) is 6.42 Å². The largest absolute Gasteiger partial charge is 0.473 e. The first-order chi connectivity index (χ1) is 13.2. The molecule has 0 bridgehead atoms. The third kappa shape index (κ3) is 4.20. The summed E-state index contributed by atoms with van der Waals surface area (Å²) in [7, 11) is 1.85. The van der Waals surface area contributed by atoms with Crippen LogP contribution in [0.2, 0.25) is 0 Å². The second kappa shape index (κ2) is 7.94. The predicted octanol–water partition coefficient (Wildman–Crippen LogP) is 2.53. The van der Waals surface area contributed by atoms with E-state index in [1.165, 1.54) is 19.3 Å². The van der Waals surface area contributed by atoms with Crippen molar-refractivity contribution in [2.24, 2.45) is 7.05 Å². The molecular weight excluding hydrogens is 344 g/mol. The summed E-state index contributed by atoms with van der Waals surface area (Å²) in [6.45, 7) is 0.685. The average molecular weight is 370 g/mol. The fourth-order valence-corrected chi connectivity index (χ4v) is 3.79. The minimum absolute atomic E-state index is 0.0142. The molecule has 1 N–H and O–H groups in total. The standard InChI is InChI=1S/C19H26N6O2/c1-24-11-9-17(23-24)25-10-5-8-15(19(25)26)21-16-12-20-13-18(22-16)27-14-6-3-2-4-7-14/h9,11-15H,2-8,10H2,1H3,(H,21,22). The lowest BCUT2D eigenvalue weighted by Gasteiger charge is -2.31. The number of nitrogens with zero attached hydrogens (tertiary/aromatic N) is 5. The van der Waals surface area contributed by atoms with Crippen LogP contribution >= 0.6 is 0 Å². The van der Waals surface area contributed by atoms with E-state index < -0.39 is 0 Å². The van der Waals surface area contributed by atoms with Gasteiger partial charge in [-0.25, -0.2) is 0 Å². The second-order valence-electron chi connectivity index (χ2n) is 7.30. The van der Waals surface area contributed by atoms with Crippen molar-refractivity contribution in [3.63, 3.8) is 0 Å². The maximum atomic E-state index is 12.9. The van der Waals surface area contributed by atoms with E-state index in [0.29, 0.717) is 24.1 Å². The van der Waals surface area contributed by atoms with Crippen LogP contribution in [-0.4, -0.2) is 44.3 Å². The highest BCUT2D eigenvalue weighted by molar-refractivity contribution is 5.98. The molecule has 0 spiro atoms. The molecule has 1 saturated heterocycles. The number of aryl methyl sites for hydroxylation is 1. The topological polar surface area (TPSA) is 85.2 Å². The number of piperidine rings is 1. The Labute approximate surface area is 158 Å². The van der Waals surface area contributed by atoms with Gasteiger partial charge in [0.2, 0.25) is 5.88 Å². The number of aromatic nitrogens is 4. The molecule has 1 amide bonds. The van der Waals surface area contributed by atoms with Gasteiger partial charge < -0.3 is 10.1 Å². The zero-order valence-corrected chi connectivity index (χ0v) is 15.7. The van der Waals surface area contributed by atoms with E-state index in [9.17, 15) is 4.79 Å². The van der Waals surface area contributed by atoms with Crippen molar-refractivity contribution < 1.29 is 9.53 Å². The van der Waals surface area contributed by atoms with Crippen LogP contribution in [0, 0.1) is 0 Å². The molecule has 4 rings (SSSR count). The number of ether oxygens (including phenoxy) is 1. The Morgan fingerprint density at radius 3 is 2.78 bits per heavy atom. The monoisotopic (exact) mass is 370 g/mol. The van der Waals surface area contributed by atoms with Gasteiger partial charge in [-0.3, -0.25) is 19.4 Å². The van der Waals surface area contributed by atoms with E-state index in [1.807, 2.05) is 19.3 Å². The SMILES string of the molecule is Cn1ccc(N2CCCC(Nc3cncc(OC4CCCCC4)n3)C2=O)n1. The Hall–Kier alpha value is -2.64. The zero-order valence-electron chi connectivity index (χ0n) is 15.7. The number of anilines is 2. The predicted molar refractivity (Wildman–Crippen MR) is 102 cm³/mol. The van der Waals surface area contributed by atoms with E-state index in [2.05, 4.69) is 20.4 Å². The lowest BCUT2D eigenvalue weighted by atomic mass is 9.98. The van der Waals surface area contributed by atoms with Crippen molar-refractivity contribution in [3.05, 3.63) is 24.7 Å². The number of rotatable bonds is 5. The van der Waals surface area contributed by atoms with Crippen molar-refractivity contribution >= 4 is 17.5 Å². The van der Waals surface area contributed by atoms with Crippen molar-refractivity contribution in [2.45, 2.75) is 57.1 Å². The Morgan fingerprint density at radius 2 is 2.00 bits per heavy atom. The fourth-order valence-electron chi connectivity index (χ4n) is 3.79. The molecule has 1 aliphatic carbocycles. The van der Waals surface area contributed by atoms with E-state index in [4.69, 9.17) is 4.74 Å². The number of carbonyl (C=O) groups is 1. The van der Waals surface area contributed by atoms with Gasteiger partial charge in [0.1, 0.15) is 18.0 Å². The lowest BCUT2D eigenvalue weighted by Crippen LogP contribution is -2.48. The van der Waals surface area contributed by atoms with Gasteiger partial charge >= 0.3 is 0 Å². The Morgan fingerprint density at radius 1 is 1.15 bits per heavy atom. The molecular formula is C19H26N6O2. The third-order valence-corrected chi connectivity index (χ3v) is 5.19. The summed E-state index contributed by atoms with van der Waals surface area (Å²) in [6.07, 6.45) is 12.8. The minimum Gasteiger partial charge on any atom is -0.473 e. The lowest BCUT2D eigenvalue weighted by molar-refractivity contribution is -0.120. The first-order valence-corrected chi connectivity index (χ1v) is 9.75. The third-order valence-electron chi connectivity index (χ3n) is 5.19. The molecule has 144 valence electrons. The minimum atomic E-state index is -0.333. The van der Waals surface area contributed by atoms with E-state index in [1.54, 1.807) is 22.0 Å². The summed E-state index contributed by atoms with van der Waals surface area (Å²) in [5, 5.41) is 7.59. The van der Waals surface area contributed by atoms with Crippen LogP contribution in [0.3, 0.4) is 0 Å². The number of nitrogens with one attached hydrogen (secondary N) is 1. The van der Waals surface area contributed by atoms with Crippen LogP contribution in [0.1, 0.15) is 44.9 Å². The van der Waals surface area contributed by atoms with Gasteiger partial charge in [0.15, 0.2) is 5.82 Å². The van der Waals surface area contributed by atoms with Gasteiger partial charge in [-0.05, 0) is 38.5 Å². The molecule has 1 atom stereocenters. The van der Waals surface area contributed by atoms with Gasteiger partial charge in [0.05, 0.1) is 12.4 Å². The molecule has 2 fully saturated rings. The molecule has 2 aromatic rings. The molecule has 1 unspecified atom stereocenters. The number of amides is 1. The smallest absolute Gasteiger partial charge is 0.250 e. The summed E-state index contributed by atoms with van der Waals surface area (Å²) in [5.74, 6) is 1.80. The number of carbonyl (C=O) groups excluding carboxylic acids is 1.